The lowest BCUT2D eigenvalue weighted by Gasteiger charge is -2.35. The SMILES string of the molecule is CCOC(=O)[C@](Nc1ccccc1OC)(NS(=O)(=O)c1ccccc1)C(F)(F)F. The second kappa shape index (κ2) is 8.70. The summed E-state index contributed by atoms with van der Waals surface area (Å²) in [6, 6.07) is 11.8. The van der Waals surface area contributed by atoms with Crippen LogP contribution in [-0.4, -0.2) is 39.9 Å². The molecule has 0 heterocycles. The number of benzene rings is 2. The van der Waals surface area contributed by atoms with E-state index in [0.29, 0.717) is 0 Å². The van der Waals surface area contributed by atoms with E-state index in [1.165, 1.54) is 61.2 Å². The topological polar surface area (TPSA) is 93.7 Å². The smallest absolute Gasteiger partial charge is 0.437 e. The number of nitrogens with one attached hydrogen (secondary N) is 2. The summed E-state index contributed by atoms with van der Waals surface area (Å²) >= 11 is 0. The average Bonchev–Trinajstić information content (AvgIpc) is 2.67. The number of esters is 1. The Morgan fingerprint density at radius 2 is 1.62 bits per heavy atom. The first kappa shape index (κ1) is 22.5. The number of para-hydroxylation sites is 2. The van der Waals surface area contributed by atoms with E-state index in [9.17, 15) is 26.4 Å². The van der Waals surface area contributed by atoms with E-state index >= 15 is 0 Å². The molecule has 0 spiro atoms. The van der Waals surface area contributed by atoms with Crippen molar-refractivity contribution in [3.8, 4) is 5.75 Å². The Balaban J connectivity index is 2.64. The molecule has 0 aliphatic heterocycles. The summed E-state index contributed by atoms with van der Waals surface area (Å²) in [6.45, 7) is 0.894. The van der Waals surface area contributed by atoms with Crippen molar-refractivity contribution in [3.05, 3.63) is 54.6 Å². The molecule has 0 fully saturated rings. The molecule has 0 aliphatic rings. The zero-order valence-corrected chi connectivity index (χ0v) is 16.3. The van der Waals surface area contributed by atoms with Crippen LogP contribution in [-0.2, 0) is 19.6 Å². The molecule has 2 rings (SSSR count). The molecular weight excluding hydrogens is 413 g/mol. The van der Waals surface area contributed by atoms with Crippen LogP contribution in [0.2, 0.25) is 0 Å². The highest BCUT2D eigenvalue weighted by Crippen LogP contribution is 2.37. The van der Waals surface area contributed by atoms with Crippen molar-refractivity contribution in [3.63, 3.8) is 0 Å². The van der Waals surface area contributed by atoms with E-state index in [2.05, 4.69) is 4.74 Å². The van der Waals surface area contributed by atoms with Crippen LogP contribution in [0.15, 0.2) is 59.5 Å². The summed E-state index contributed by atoms with van der Waals surface area (Å²) in [5.41, 5.74) is -4.07. The second-order valence-electron chi connectivity index (χ2n) is 5.71. The van der Waals surface area contributed by atoms with Gasteiger partial charge in [-0.1, -0.05) is 30.3 Å². The molecule has 0 aliphatic carbocycles. The van der Waals surface area contributed by atoms with Crippen LogP contribution in [0.25, 0.3) is 0 Å². The van der Waals surface area contributed by atoms with Crippen molar-refractivity contribution < 1.29 is 35.9 Å². The van der Waals surface area contributed by atoms with Gasteiger partial charge in [0.15, 0.2) is 0 Å². The molecule has 0 aromatic heterocycles. The fraction of sp³-hybridized carbons (Fsp3) is 0.278. The Labute approximate surface area is 165 Å². The highest BCUT2D eigenvalue weighted by molar-refractivity contribution is 7.89. The van der Waals surface area contributed by atoms with Gasteiger partial charge in [-0.15, -0.1) is 0 Å². The summed E-state index contributed by atoms with van der Waals surface area (Å²) in [6.07, 6.45) is -5.41. The number of rotatable bonds is 8. The maximum absolute atomic E-state index is 14.2. The minimum Gasteiger partial charge on any atom is -0.495 e. The van der Waals surface area contributed by atoms with E-state index in [1.807, 2.05) is 5.32 Å². The standard InChI is InChI=1S/C18H19F3N2O5S/c1-3-28-16(24)17(18(19,20)21,22-14-11-7-8-12-15(14)27-2)23-29(25,26)13-9-5-4-6-10-13/h4-12,22-23H,3H2,1-2H3/t17-/m0/s1. The molecule has 0 unspecified atom stereocenters. The third-order valence-corrected chi connectivity index (χ3v) is 5.24. The Hall–Kier alpha value is -2.79. The van der Waals surface area contributed by atoms with Gasteiger partial charge < -0.3 is 14.8 Å². The summed E-state index contributed by atoms with van der Waals surface area (Å²) < 4.78 is 78.9. The van der Waals surface area contributed by atoms with Crippen LogP contribution in [0.5, 0.6) is 5.75 Å². The van der Waals surface area contributed by atoms with Crippen molar-refractivity contribution in [2.24, 2.45) is 0 Å². The second-order valence-corrected chi connectivity index (χ2v) is 7.39. The summed E-state index contributed by atoms with van der Waals surface area (Å²) in [4.78, 5) is 12.0. The largest absolute Gasteiger partial charge is 0.495 e. The van der Waals surface area contributed by atoms with E-state index in [0.717, 1.165) is 12.1 Å². The van der Waals surface area contributed by atoms with Crippen LogP contribution < -0.4 is 14.8 Å². The highest BCUT2D eigenvalue weighted by Gasteiger charge is 2.64. The van der Waals surface area contributed by atoms with Crippen LogP contribution >= 0.6 is 0 Å². The van der Waals surface area contributed by atoms with Gasteiger partial charge in [-0.05, 0) is 31.2 Å². The van der Waals surface area contributed by atoms with E-state index in [4.69, 9.17) is 4.74 Å². The van der Waals surface area contributed by atoms with Crippen LogP contribution in [0.1, 0.15) is 6.92 Å². The van der Waals surface area contributed by atoms with Gasteiger partial charge in [0.25, 0.3) is 5.66 Å². The molecule has 158 valence electrons. The molecule has 0 saturated carbocycles. The molecule has 7 nitrogen and oxygen atoms in total. The van der Waals surface area contributed by atoms with Crippen LogP contribution in [0, 0.1) is 0 Å². The Morgan fingerprint density at radius 1 is 1.03 bits per heavy atom. The number of anilines is 1. The number of alkyl halides is 3. The summed E-state index contributed by atoms with van der Waals surface area (Å²) in [7, 11) is -3.56. The number of sulfonamides is 1. The van der Waals surface area contributed by atoms with Crippen LogP contribution in [0.3, 0.4) is 0 Å². The molecule has 29 heavy (non-hydrogen) atoms. The lowest BCUT2D eigenvalue weighted by atomic mass is 10.1. The number of carbonyl (C=O) groups excluding carboxylic acids is 1. The molecular formula is C18H19F3N2O5S. The van der Waals surface area contributed by atoms with Gasteiger partial charge in [-0.25, -0.2) is 13.2 Å². The average molecular weight is 432 g/mol. The van der Waals surface area contributed by atoms with Crippen molar-refractivity contribution in [1.29, 1.82) is 0 Å². The third kappa shape index (κ3) is 4.80. The third-order valence-electron chi connectivity index (χ3n) is 3.78. The quantitative estimate of drug-likeness (QED) is 0.492. The maximum Gasteiger partial charge on any atom is 0.437 e. The van der Waals surface area contributed by atoms with Crippen molar-refractivity contribution in [2.45, 2.75) is 23.7 Å². The first-order chi connectivity index (χ1) is 13.6. The van der Waals surface area contributed by atoms with Gasteiger partial charge in [0.05, 0.1) is 24.3 Å². The summed E-state index contributed by atoms with van der Waals surface area (Å²) in [5.74, 6) is -1.90. The minimum absolute atomic E-state index is 0.0377. The first-order valence-electron chi connectivity index (χ1n) is 8.31. The van der Waals surface area contributed by atoms with Crippen molar-refractivity contribution >= 4 is 21.7 Å². The van der Waals surface area contributed by atoms with Gasteiger partial charge >= 0.3 is 12.1 Å². The number of hydrogen-bond acceptors (Lipinski definition) is 6. The highest BCUT2D eigenvalue weighted by atomic mass is 32.2. The predicted molar refractivity (Wildman–Crippen MR) is 98.8 cm³/mol. The van der Waals surface area contributed by atoms with Gasteiger partial charge in [-0.2, -0.15) is 17.9 Å². The zero-order chi connectivity index (χ0) is 21.7. The molecule has 0 saturated heterocycles. The minimum atomic E-state index is -5.41. The molecule has 1 atom stereocenters. The van der Waals surface area contributed by atoms with Gasteiger partial charge in [0, 0.05) is 0 Å². The molecule has 0 radical (unpaired) electrons. The number of ether oxygens (including phenoxy) is 2. The molecule has 0 bridgehead atoms. The zero-order valence-electron chi connectivity index (χ0n) is 15.5. The van der Waals surface area contributed by atoms with Gasteiger partial charge in [0.2, 0.25) is 10.0 Å². The Kier molecular flexibility index (Phi) is 6.75. The number of halogens is 3. The Morgan fingerprint density at radius 3 is 2.17 bits per heavy atom. The Bertz CT molecular complexity index is 951. The van der Waals surface area contributed by atoms with E-state index in [1.54, 1.807) is 0 Å². The van der Waals surface area contributed by atoms with Gasteiger partial charge in [0.1, 0.15) is 5.75 Å². The molecule has 0 amide bonds. The van der Waals surface area contributed by atoms with E-state index in [-0.39, 0.29) is 11.4 Å². The lowest BCUT2D eigenvalue weighted by Crippen LogP contribution is -2.69. The molecule has 11 heteroatoms. The fourth-order valence-electron chi connectivity index (χ4n) is 2.41. The number of carbonyl (C=O) groups is 1. The lowest BCUT2D eigenvalue weighted by molar-refractivity contribution is -0.202. The molecule has 2 aromatic carbocycles. The maximum atomic E-state index is 14.2. The predicted octanol–water partition coefficient (Wildman–Crippen LogP) is 2.91. The molecule has 2 aromatic rings. The van der Waals surface area contributed by atoms with E-state index < -0.39 is 39.3 Å². The fourth-order valence-corrected chi connectivity index (χ4v) is 3.70. The molecule has 2 N–H and O–H groups in total. The number of hydrogen-bond donors (Lipinski definition) is 2. The number of methoxy groups -OCH3 is 1. The first-order valence-corrected chi connectivity index (χ1v) is 9.80. The monoisotopic (exact) mass is 432 g/mol. The van der Waals surface area contributed by atoms with Gasteiger partial charge in [-0.3, -0.25) is 0 Å². The van der Waals surface area contributed by atoms with Crippen molar-refractivity contribution in [1.82, 2.24) is 4.72 Å². The summed E-state index contributed by atoms with van der Waals surface area (Å²) in [5, 5.41) is 1.95. The normalized spacial score (nSPS) is 14.0. The van der Waals surface area contributed by atoms with Crippen molar-refractivity contribution in [2.75, 3.05) is 19.0 Å². The van der Waals surface area contributed by atoms with Crippen LogP contribution in [0.4, 0.5) is 18.9 Å².